The summed E-state index contributed by atoms with van der Waals surface area (Å²) >= 11 is 0. The van der Waals surface area contributed by atoms with E-state index in [0.29, 0.717) is 45.0 Å². The highest BCUT2D eigenvalue weighted by atomic mass is 19.1. The minimum atomic E-state index is -0.370. The smallest absolute Gasteiger partial charge is 0.255 e. The van der Waals surface area contributed by atoms with Gasteiger partial charge in [-0.2, -0.15) is 4.98 Å². The average molecular weight is 569 g/mol. The van der Waals surface area contributed by atoms with Crippen molar-refractivity contribution in [3.8, 4) is 33.9 Å². The first-order chi connectivity index (χ1) is 21.0. The van der Waals surface area contributed by atoms with E-state index in [1.54, 1.807) is 25.4 Å². The van der Waals surface area contributed by atoms with Crippen LogP contribution in [0.1, 0.15) is 10.4 Å². The molecule has 1 amide bonds. The molecule has 0 bridgehead atoms. The van der Waals surface area contributed by atoms with Gasteiger partial charge >= 0.3 is 0 Å². The molecule has 0 unspecified atom stereocenters. The Morgan fingerprint density at radius 2 is 1.60 bits per heavy atom. The van der Waals surface area contributed by atoms with Crippen LogP contribution < -0.4 is 10.2 Å². The van der Waals surface area contributed by atoms with E-state index in [9.17, 15) is 9.18 Å². The Morgan fingerprint density at radius 3 is 2.37 bits per heavy atom. The predicted octanol–water partition coefficient (Wildman–Crippen LogP) is 8.24. The summed E-state index contributed by atoms with van der Waals surface area (Å²) in [5.74, 6) is 0.154. The van der Waals surface area contributed by atoms with E-state index in [4.69, 9.17) is 8.83 Å². The van der Waals surface area contributed by atoms with E-state index in [2.05, 4.69) is 20.2 Å². The fraction of sp³-hybridized carbons (Fsp3) is 0.0571. The summed E-state index contributed by atoms with van der Waals surface area (Å²) in [4.78, 5) is 24.2. The molecule has 3 heterocycles. The van der Waals surface area contributed by atoms with Gasteiger partial charge in [0.2, 0.25) is 5.89 Å². The third-order valence-corrected chi connectivity index (χ3v) is 7.46. The largest absolute Gasteiger partial charge is 0.455 e. The lowest BCUT2D eigenvalue weighted by Gasteiger charge is -2.23. The van der Waals surface area contributed by atoms with Crippen molar-refractivity contribution in [1.82, 2.24) is 15.3 Å². The maximum Gasteiger partial charge on any atom is 0.255 e. The summed E-state index contributed by atoms with van der Waals surface area (Å²) in [5, 5.41) is 3.37. The predicted molar refractivity (Wildman–Crippen MR) is 166 cm³/mol. The number of fused-ring (bicyclic) bond motifs is 2. The second-order valence-electron chi connectivity index (χ2n) is 10.1. The molecule has 210 valence electrons. The molecule has 0 fully saturated rings. The number of pyridine rings is 1. The number of nitrogens with one attached hydrogen (secondary N) is 1. The fourth-order valence-electron chi connectivity index (χ4n) is 5.30. The van der Waals surface area contributed by atoms with Gasteiger partial charge in [-0.1, -0.05) is 30.3 Å². The first-order valence-corrected chi connectivity index (χ1v) is 13.7. The van der Waals surface area contributed by atoms with Crippen LogP contribution in [0.5, 0.6) is 0 Å². The Hall–Kier alpha value is -5.76. The van der Waals surface area contributed by atoms with E-state index in [1.807, 2.05) is 85.9 Å². The highest BCUT2D eigenvalue weighted by molar-refractivity contribution is 6.13. The van der Waals surface area contributed by atoms with Crippen LogP contribution in [0.2, 0.25) is 0 Å². The number of furan rings is 1. The van der Waals surface area contributed by atoms with Crippen LogP contribution in [0.25, 0.3) is 56.1 Å². The maximum absolute atomic E-state index is 13.8. The standard InChI is InChI=1S/C35H25FN4O3/c1-37-34(41)31-27-19-26(22-8-6-9-23(18-22)35-39-33-29(43-35)12-7-17-38-33)28(40(2)25-10-4-3-5-11-25)20-30(27)42-32(31)21-13-15-24(36)16-14-21/h3-20H,1-2H3,(H,37,41). The zero-order chi connectivity index (χ0) is 29.5. The fourth-order valence-corrected chi connectivity index (χ4v) is 5.30. The molecule has 0 aliphatic carbocycles. The molecule has 0 atom stereocenters. The van der Waals surface area contributed by atoms with Crippen LogP contribution in [0.4, 0.5) is 15.8 Å². The van der Waals surface area contributed by atoms with Crippen molar-refractivity contribution in [2.75, 3.05) is 19.0 Å². The number of anilines is 2. The molecule has 7 nitrogen and oxygen atoms in total. The number of aromatic nitrogens is 2. The van der Waals surface area contributed by atoms with Crippen LogP contribution in [-0.4, -0.2) is 30.0 Å². The normalized spacial score (nSPS) is 11.2. The lowest BCUT2D eigenvalue weighted by atomic mass is 9.96. The van der Waals surface area contributed by atoms with Crippen molar-refractivity contribution >= 4 is 39.5 Å². The molecular weight excluding hydrogens is 543 g/mol. The van der Waals surface area contributed by atoms with E-state index in [1.165, 1.54) is 12.1 Å². The van der Waals surface area contributed by atoms with Crippen molar-refractivity contribution < 1.29 is 18.0 Å². The molecule has 43 heavy (non-hydrogen) atoms. The van der Waals surface area contributed by atoms with Gasteiger partial charge in [-0.05, 0) is 72.3 Å². The van der Waals surface area contributed by atoms with Gasteiger partial charge in [0.05, 0.1) is 11.3 Å². The van der Waals surface area contributed by atoms with Crippen LogP contribution in [-0.2, 0) is 0 Å². The Balaban J connectivity index is 1.46. The zero-order valence-electron chi connectivity index (χ0n) is 23.3. The molecule has 0 spiro atoms. The number of amides is 1. The first kappa shape index (κ1) is 26.2. The summed E-state index contributed by atoms with van der Waals surface area (Å²) in [6, 6.07) is 31.4. The molecule has 3 aromatic heterocycles. The minimum Gasteiger partial charge on any atom is -0.455 e. The number of oxazole rings is 1. The SMILES string of the molecule is CNC(=O)c1c(-c2ccc(F)cc2)oc2cc(N(C)c3ccccc3)c(-c3cccc(-c4nc5ncccc5o4)c3)cc12. The summed E-state index contributed by atoms with van der Waals surface area (Å²) in [7, 11) is 3.56. The highest BCUT2D eigenvalue weighted by Crippen LogP contribution is 2.43. The van der Waals surface area contributed by atoms with Gasteiger partial charge in [-0.3, -0.25) is 4.79 Å². The van der Waals surface area contributed by atoms with Gasteiger partial charge in [-0.25, -0.2) is 9.37 Å². The lowest BCUT2D eigenvalue weighted by Crippen LogP contribution is -2.18. The summed E-state index contributed by atoms with van der Waals surface area (Å²) in [6.45, 7) is 0. The molecule has 7 aromatic rings. The number of nitrogens with zero attached hydrogens (tertiary/aromatic N) is 3. The molecule has 8 heteroatoms. The van der Waals surface area contributed by atoms with Gasteiger partial charge in [0.15, 0.2) is 11.2 Å². The molecule has 0 saturated heterocycles. The van der Waals surface area contributed by atoms with Crippen molar-refractivity contribution in [2.45, 2.75) is 0 Å². The number of para-hydroxylation sites is 1. The molecule has 4 aromatic carbocycles. The Bertz CT molecular complexity index is 2080. The van der Waals surface area contributed by atoms with Crippen molar-refractivity contribution in [2.24, 2.45) is 0 Å². The number of benzene rings is 4. The summed E-state index contributed by atoms with van der Waals surface area (Å²) < 4.78 is 26.1. The number of hydrogen-bond donors (Lipinski definition) is 1. The molecule has 0 radical (unpaired) electrons. The van der Waals surface area contributed by atoms with Crippen LogP contribution in [0.15, 0.2) is 118 Å². The Kier molecular flexibility index (Phi) is 6.43. The molecular formula is C35H25FN4O3. The lowest BCUT2D eigenvalue weighted by molar-refractivity contribution is 0.0964. The second kappa shape index (κ2) is 10.6. The van der Waals surface area contributed by atoms with Crippen LogP contribution in [0.3, 0.4) is 0 Å². The monoisotopic (exact) mass is 568 g/mol. The first-order valence-electron chi connectivity index (χ1n) is 13.7. The highest BCUT2D eigenvalue weighted by Gasteiger charge is 2.25. The second-order valence-corrected chi connectivity index (χ2v) is 10.1. The minimum absolute atomic E-state index is 0.305. The van der Waals surface area contributed by atoms with Gasteiger partial charge in [0.25, 0.3) is 5.91 Å². The van der Waals surface area contributed by atoms with E-state index >= 15 is 0 Å². The van der Waals surface area contributed by atoms with Crippen molar-refractivity contribution in [3.63, 3.8) is 0 Å². The topological polar surface area (TPSA) is 84.4 Å². The third kappa shape index (κ3) is 4.68. The summed E-state index contributed by atoms with van der Waals surface area (Å²) in [5.41, 5.74) is 7.02. The number of hydrogen-bond acceptors (Lipinski definition) is 6. The quantitative estimate of drug-likeness (QED) is 0.218. The van der Waals surface area contributed by atoms with E-state index < -0.39 is 0 Å². The Morgan fingerprint density at radius 1 is 0.814 bits per heavy atom. The van der Waals surface area contributed by atoms with Gasteiger partial charge < -0.3 is 19.1 Å². The molecule has 7 rings (SSSR count). The van der Waals surface area contributed by atoms with Gasteiger partial charge in [0, 0.05) is 54.1 Å². The summed E-state index contributed by atoms with van der Waals surface area (Å²) in [6.07, 6.45) is 1.68. The van der Waals surface area contributed by atoms with Crippen molar-refractivity contribution in [1.29, 1.82) is 0 Å². The van der Waals surface area contributed by atoms with E-state index in [-0.39, 0.29) is 11.7 Å². The number of carbonyl (C=O) groups excluding carboxylic acids is 1. The van der Waals surface area contributed by atoms with E-state index in [0.717, 1.165) is 28.1 Å². The van der Waals surface area contributed by atoms with Crippen LogP contribution in [0, 0.1) is 5.82 Å². The molecule has 1 N–H and O–H groups in total. The van der Waals surface area contributed by atoms with Gasteiger partial charge in [-0.15, -0.1) is 0 Å². The van der Waals surface area contributed by atoms with Crippen LogP contribution >= 0.6 is 0 Å². The molecule has 0 aliphatic heterocycles. The maximum atomic E-state index is 13.8. The number of rotatable bonds is 6. The number of carbonyl (C=O) groups is 1. The Labute approximate surface area is 246 Å². The third-order valence-electron chi connectivity index (χ3n) is 7.46. The zero-order valence-corrected chi connectivity index (χ0v) is 23.3. The van der Waals surface area contributed by atoms with Crippen molar-refractivity contribution in [3.05, 3.63) is 121 Å². The molecule has 0 aliphatic rings. The molecule has 0 saturated carbocycles. The average Bonchev–Trinajstić information content (AvgIpc) is 3.66. The number of halogens is 1. The van der Waals surface area contributed by atoms with Gasteiger partial charge in [0.1, 0.15) is 17.2 Å².